The smallest absolute Gasteiger partial charge is 0.0973 e. The van der Waals surface area contributed by atoms with Gasteiger partial charge in [0.05, 0.1) is 22.4 Å². The van der Waals surface area contributed by atoms with Crippen LogP contribution in [0.5, 0.6) is 0 Å². The number of aryl methyl sites for hydroxylation is 2. The Morgan fingerprint density at radius 1 is 0.242 bits per heavy atom. The third-order valence-corrected chi connectivity index (χ3v) is 11.4. The molecule has 4 nitrogen and oxygen atoms in total. The Balaban J connectivity index is 0.931. The van der Waals surface area contributed by atoms with Crippen LogP contribution in [0.15, 0.2) is 231 Å². The molecule has 296 valence electrons. The highest BCUT2D eigenvalue weighted by atomic mass is 15.1. The number of aromatic nitrogens is 2. The van der Waals surface area contributed by atoms with Gasteiger partial charge >= 0.3 is 0 Å². The lowest BCUT2D eigenvalue weighted by Gasteiger charge is -2.25. The molecule has 0 saturated heterocycles. The maximum atomic E-state index is 5.21. The number of anilines is 6. The second-order valence-corrected chi connectivity index (χ2v) is 15.7. The minimum atomic E-state index is 0.858. The molecule has 0 amide bonds. The third-order valence-electron chi connectivity index (χ3n) is 11.4. The van der Waals surface area contributed by atoms with Crippen LogP contribution in [-0.4, -0.2) is 9.97 Å². The summed E-state index contributed by atoms with van der Waals surface area (Å²) < 4.78 is 0. The summed E-state index contributed by atoms with van der Waals surface area (Å²) in [5.74, 6) is 0. The van der Waals surface area contributed by atoms with Gasteiger partial charge in [0, 0.05) is 45.3 Å². The predicted molar refractivity (Wildman–Crippen MR) is 260 cm³/mol. The van der Waals surface area contributed by atoms with Crippen molar-refractivity contribution in [1.29, 1.82) is 0 Å². The zero-order valence-corrected chi connectivity index (χ0v) is 34.7. The molecule has 1 heterocycles. The summed E-state index contributed by atoms with van der Waals surface area (Å²) in [5.41, 5.74) is 19.2. The minimum Gasteiger partial charge on any atom is -0.311 e. The SMILES string of the molecule is Cc1ccc(N(c2ccccc2)c2ccc(-c3ccc(-c4nc5ccccc5nc4-c4ccc(-c5ccc(N(c6ccccc6)c6ccc(C)cc6)cc5)cc4)cc3)cc2)cc1. The Labute approximate surface area is 363 Å². The first-order valence-electron chi connectivity index (χ1n) is 21.1. The van der Waals surface area contributed by atoms with Crippen LogP contribution in [0, 0.1) is 13.8 Å². The molecular formula is C58H44N4. The summed E-state index contributed by atoms with van der Waals surface area (Å²) in [5, 5.41) is 0. The molecule has 0 fully saturated rings. The van der Waals surface area contributed by atoms with Crippen molar-refractivity contribution >= 4 is 45.2 Å². The zero-order valence-electron chi connectivity index (χ0n) is 34.7. The Morgan fingerprint density at radius 3 is 0.806 bits per heavy atom. The first-order chi connectivity index (χ1) is 30.5. The van der Waals surface area contributed by atoms with Crippen molar-refractivity contribution in [2.75, 3.05) is 9.80 Å². The molecule has 62 heavy (non-hydrogen) atoms. The molecule has 10 aromatic rings. The normalized spacial score (nSPS) is 11.1. The van der Waals surface area contributed by atoms with Crippen molar-refractivity contribution in [2.45, 2.75) is 13.8 Å². The lowest BCUT2D eigenvalue weighted by atomic mass is 9.98. The summed E-state index contributed by atoms with van der Waals surface area (Å²) in [6.07, 6.45) is 0. The molecule has 0 spiro atoms. The Hall–Kier alpha value is -8.08. The fraction of sp³-hybridized carbons (Fsp3) is 0.0345. The molecule has 0 N–H and O–H groups in total. The second kappa shape index (κ2) is 16.9. The fourth-order valence-corrected chi connectivity index (χ4v) is 8.09. The van der Waals surface area contributed by atoms with Crippen LogP contribution in [0.2, 0.25) is 0 Å². The van der Waals surface area contributed by atoms with E-state index < -0.39 is 0 Å². The number of para-hydroxylation sites is 4. The molecule has 0 radical (unpaired) electrons. The topological polar surface area (TPSA) is 32.3 Å². The highest BCUT2D eigenvalue weighted by Crippen LogP contribution is 2.39. The van der Waals surface area contributed by atoms with Crippen LogP contribution < -0.4 is 9.80 Å². The van der Waals surface area contributed by atoms with Crippen molar-refractivity contribution in [3.8, 4) is 44.8 Å². The molecule has 1 aromatic heterocycles. The van der Waals surface area contributed by atoms with Gasteiger partial charge in [0.1, 0.15) is 0 Å². The highest BCUT2D eigenvalue weighted by molar-refractivity contribution is 5.88. The molecule has 9 aromatic carbocycles. The molecule has 0 aliphatic rings. The molecule has 0 aliphatic carbocycles. The number of benzene rings is 9. The summed E-state index contributed by atoms with van der Waals surface area (Å²) in [6, 6.07) is 81.5. The van der Waals surface area contributed by atoms with Gasteiger partial charge in [-0.2, -0.15) is 0 Å². The summed E-state index contributed by atoms with van der Waals surface area (Å²) in [7, 11) is 0. The van der Waals surface area contributed by atoms with Crippen molar-refractivity contribution < 1.29 is 0 Å². The first-order valence-corrected chi connectivity index (χ1v) is 21.1. The molecular weight excluding hydrogens is 753 g/mol. The maximum Gasteiger partial charge on any atom is 0.0973 e. The van der Waals surface area contributed by atoms with Crippen molar-refractivity contribution in [3.63, 3.8) is 0 Å². The number of fused-ring (bicyclic) bond motifs is 1. The molecule has 0 bridgehead atoms. The van der Waals surface area contributed by atoms with E-state index in [1.807, 2.05) is 24.3 Å². The van der Waals surface area contributed by atoms with Gasteiger partial charge in [0.15, 0.2) is 0 Å². The van der Waals surface area contributed by atoms with Crippen LogP contribution in [0.1, 0.15) is 11.1 Å². The lowest BCUT2D eigenvalue weighted by Crippen LogP contribution is -2.09. The van der Waals surface area contributed by atoms with E-state index in [4.69, 9.17) is 9.97 Å². The van der Waals surface area contributed by atoms with E-state index in [1.54, 1.807) is 0 Å². The molecule has 0 aliphatic heterocycles. The lowest BCUT2D eigenvalue weighted by molar-refractivity contribution is 1.27. The largest absolute Gasteiger partial charge is 0.311 e. The number of hydrogen-bond donors (Lipinski definition) is 0. The van der Waals surface area contributed by atoms with E-state index in [2.05, 4.69) is 230 Å². The molecule has 0 saturated carbocycles. The molecule has 4 heteroatoms. The standard InChI is InChI=1S/C58H44N4/c1-41-17-33-51(34-18-41)61(49-11-5-3-6-12-49)53-37-29-45(30-38-53)43-21-25-47(26-22-43)57-58(60-56-16-10-9-15-55(56)59-57)48-27-23-44(24-28-48)46-31-39-54(40-32-46)62(50-13-7-4-8-14-50)52-35-19-42(2)20-36-52/h3-40H,1-2H3. The maximum absolute atomic E-state index is 5.21. The quantitative estimate of drug-likeness (QED) is 0.138. The van der Waals surface area contributed by atoms with Crippen LogP contribution >= 0.6 is 0 Å². The van der Waals surface area contributed by atoms with Gasteiger partial charge < -0.3 is 9.80 Å². The molecule has 10 rings (SSSR count). The third kappa shape index (κ3) is 7.85. The van der Waals surface area contributed by atoms with Crippen LogP contribution in [0.3, 0.4) is 0 Å². The van der Waals surface area contributed by atoms with Gasteiger partial charge in [-0.1, -0.05) is 157 Å². The Morgan fingerprint density at radius 2 is 0.484 bits per heavy atom. The Kier molecular flexibility index (Phi) is 10.4. The van der Waals surface area contributed by atoms with Crippen molar-refractivity contribution in [1.82, 2.24) is 9.97 Å². The highest BCUT2D eigenvalue weighted by Gasteiger charge is 2.17. The molecule has 0 atom stereocenters. The van der Waals surface area contributed by atoms with E-state index in [1.165, 1.54) is 11.1 Å². The van der Waals surface area contributed by atoms with Crippen molar-refractivity contribution in [2.24, 2.45) is 0 Å². The fourth-order valence-electron chi connectivity index (χ4n) is 8.09. The minimum absolute atomic E-state index is 0.858. The van der Waals surface area contributed by atoms with Crippen LogP contribution in [-0.2, 0) is 0 Å². The predicted octanol–water partition coefficient (Wildman–Crippen LogP) is 15.9. The van der Waals surface area contributed by atoms with E-state index >= 15 is 0 Å². The van der Waals surface area contributed by atoms with E-state index in [0.29, 0.717) is 0 Å². The van der Waals surface area contributed by atoms with Gasteiger partial charge in [0.25, 0.3) is 0 Å². The summed E-state index contributed by atoms with van der Waals surface area (Å²) in [4.78, 5) is 15.0. The zero-order chi connectivity index (χ0) is 41.8. The van der Waals surface area contributed by atoms with Crippen LogP contribution in [0.4, 0.5) is 34.1 Å². The van der Waals surface area contributed by atoms with Crippen LogP contribution in [0.25, 0.3) is 55.8 Å². The van der Waals surface area contributed by atoms with E-state index in [-0.39, 0.29) is 0 Å². The van der Waals surface area contributed by atoms with Gasteiger partial charge in [-0.25, -0.2) is 9.97 Å². The monoisotopic (exact) mass is 796 g/mol. The van der Waals surface area contributed by atoms with Gasteiger partial charge in [-0.3, -0.25) is 0 Å². The van der Waals surface area contributed by atoms with Gasteiger partial charge in [-0.05, 0) is 121 Å². The second-order valence-electron chi connectivity index (χ2n) is 15.7. The number of hydrogen-bond acceptors (Lipinski definition) is 4. The van der Waals surface area contributed by atoms with E-state index in [9.17, 15) is 0 Å². The van der Waals surface area contributed by atoms with E-state index in [0.717, 1.165) is 89.9 Å². The number of rotatable bonds is 10. The summed E-state index contributed by atoms with van der Waals surface area (Å²) >= 11 is 0. The van der Waals surface area contributed by atoms with Crippen molar-refractivity contribution in [3.05, 3.63) is 242 Å². The first kappa shape index (κ1) is 38.1. The van der Waals surface area contributed by atoms with Gasteiger partial charge in [-0.15, -0.1) is 0 Å². The Bertz CT molecular complexity index is 2860. The summed E-state index contributed by atoms with van der Waals surface area (Å²) in [6.45, 7) is 4.24. The average molecular weight is 797 g/mol. The molecule has 0 unspecified atom stereocenters. The number of nitrogens with zero attached hydrogens (tertiary/aromatic N) is 4. The van der Waals surface area contributed by atoms with Gasteiger partial charge in [0.2, 0.25) is 0 Å². The average Bonchev–Trinajstić information content (AvgIpc) is 3.34.